The third-order valence-corrected chi connectivity index (χ3v) is 4.59. The van der Waals surface area contributed by atoms with Crippen molar-refractivity contribution < 1.29 is 4.42 Å². The summed E-state index contributed by atoms with van der Waals surface area (Å²) < 4.78 is 5.85. The van der Waals surface area contributed by atoms with Crippen LogP contribution in [0.3, 0.4) is 0 Å². The molecule has 1 fully saturated rings. The van der Waals surface area contributed by atoms with Gasteiger partial charge in [0.15, 0.2) is 11.5 Å². The number of fused-ring (bicyclic) bond motifs is 1. The predicted molar refractivity (Wildman–Crippen MR) is 63.2 cm³/mol. The summed E-state index contributed by atoms with van der Waals surface area (Å²) in [5.41, 5.74) is 3.24. The number of aromatic nitrogens is 1. The van der Waals surface area contributed by atoms with E-state index < -0.39 is 0 Å². The van der Waals surface area contributed by atoms with E-state index in [4.69, 9.17) is 4.42 Å². The molecule has 1 saturated heterocycles. The second kappa shape index (κ2) is 3.01. The van der Waals surface area contributed by atoms with Gasteiger partial charge in [-0.1, -0.05) is 6.07 Å². The number of hydrogen-bond acceptors (Lipinski definition) is 3. The number of benzene rings is 1. The molecule has 2 nitrogen and oxygen atoms in total. The van der Waals surface area contributed by atoms with Gasteiger partial charge in [0.1, 0.15) is 5.52 Å². The first-order valence-corrected chi connectivity index (χ1v) is 6.18. The molecule has 3 heteroatoms. The van der Waals surface area contributed by atoms with Gasteiger partial charge in [-0.15, -0.1) is 0 Å². The molecule has 1 aromatic heterocycles. The van der Waals surface area contributed by atoms with Gasteiger partial charge in [-0.05, 0) is 36.8 Å². The fourth-order valence-corrected chi connectivity index (χ4v) is 3.11. The van der Waals surface area contributed by atoms with Gasteiger partial charge in [-0.25, -0.2) is 4.98 Å². The van der Waals surface area contributed by atoms with Gasteiger partial charge in [-0.3, -0.25) is 0 Å². The van der Waals surface area contributed by atoms with Crippen LogP contribution in [0.1, 0.15) is 24.8 Å². The van der Waals surface area contributed by atoms with Crippen LogP contribution in [0.15, 0.2) is 22.6 Å². The first kappa shape index (κ1) is 9.28. The van der Waals surface area contributed by atoms with Crippen LogP contribution < -0.4 is 0 Å². The van der Waals surface area contributed by atoms with E-state index in [0.29, 0.717) is 4.75 Å². The molecule has 0 N–H and O–H groups in total. The topological polar surface area (TPSA) is 26.0 Å². The molecule has 3 rings (SSSR count). The van der Waals surface area contributed by atoms with Gasteiger partial charge >= 0.3 is 0 Å². The molecule has 2 aromatic rings. The summed E-state index contributed by atoms with van der Waals surface area (Å²) >= 11 is 2.01. The summed E-state index contributed by atoms with van der Waals surface area (Å²) in [6.07, 6.45) is 1.26. The molecule has 0 radical (unpaired) electrons. The molecule has 1 atom stereocenters. The highest BCUT2D eigenvalue weighted by atomic mass is 32.2. The van der Waals surface area contributed by atoms with Crippen LogP contribution >= 0.6 is 11.8 Å². The Bertz CT molecular complexity index is 513. The Balaban J connectivity index is 2.13. The van der Waals surface area contributed by atoms with E-state index in [0.717, 1.165) is 17.0 Å². The van der Waals surface area contributed by atoms with Gasteiger partial charge in [-0.2, -0.15) is 11.8 Å². The van der Waals surface area contributed by atoms with Crippen molar-refractivity contribution >= 4 is 22.9 Å². The zero-order chi connectivity index (χ0) is 10.5. The molecule has 2 heterocycles. The molecule has 1 aliphatic heterocycles. The van der Waals surface area contributed by atoms with Crippen molar-refractivity contribution in [2.75, 3.05) is 5.75 Å². The highest BCUT2D eigenvalue weighted by Gasteiger charge is 2.34. The maximum Gasteiger partial charge on any atom is 0.192 e. The first-order chi connectivity index (χ1) is 7.17. The zero-order valence-corrected chi connectivity index (χ0v) is 9.73. The Morgan fingerprint density at radius 2 is 2.27 bits per heavy atom. The third-order valence-electron chi connectivity index (χ3n) is 3.11. The van der Waals surface area contributed by atoms with Gasteiger partial charge in [0.25, 0.3) is 0 Å². The fraction of sp³-hybridized carbons (Fsp3) is 0.417. The molecule has 78 valence electrons. The number of aryl methyl sites for hydroxylation is 1. The molecule has 15 heavy (non-hydrogen) atoms. The average Bonchev–Trinajstić information content (AvgIpc) is 2.53. The van der Waals surface area contributed by atoms with Crippen molar-refractivity contribution in [1.82, 2.24) is 4.98 Å². The van der Waals surface area contributed by atoms with Crippen molar-refractivity contribution in [2.24, 2.45) is 0 Å². The number of oxazole rings is 1. The minimum absolute atomic E-state index is 0.300. The maximum atomic E-state index is 5.55. The molecule has 1 aliphatic rings. The Kier molecular flexibility index (Phi) is 1.87. The number of thioether (sulfide) groups is 1. The van der Waals surface area contributed by atoms with Crippen molar-refractivity contribution in [3.63, 3.8) is 0 Å². The van der Waals surface area contributed by atoms with Crippen molar-refractivity contribution in [1.29, 1.82) is 0 Å². The number of hydrogen-bond donors (Lipinski definition) is 0. The van der Waals surface area contributed by atoms with Gasteiger partial charge < -0.3 is 4.42 Å². The van der Waals surface area contributed by atoms with Crippen molar-refractivity contribution in [3.8, 4) is 0 Å². The average molecular weight is 219 g/mol. The highest BCUT2D eigenvalue weighted by molar-refractivity contribution is 8.01. The van der Waals surface area contributed by atoms with Crippen LogP contribution in [0, 0.1) is 6.92 Å². The third kappa shape index (κ3) is 1.37. The molecule has 0 amide bonds. The van der Waals surface area contributed by atoms with E-state index in [-0.39, 0.29) is 0 Å². The standard InChI is InChI=1S/C12H13NOS/c1-8-13-10-4-3-9(7-11(10)14-8)12(2)5-6-15-12/h3-4,7H,5-6H2,1-2H3. The van der Waals surface area contributed by atoms with Crippen molar-refractivity contribution in [2.45, 2.75) is 25.0 Å². The molecular formula is C12H13NOS. The normalized spacial score (nSPS) is 25.5. The Morgan fingerprint density at radius 3 is 2.93 bits per heavy atom. The van der Waals surface area contributed by atoms with E-state index in [2.05, 4.69) is 30.1 Å². The van der Waals surface area contributed by atoms with E-state index >= 15 is 0 Å². The highest BCUT2D eigenvalue weighted by Crippen LogP contribution is 2.49. The smallest absolute Gasteiger partial charge is 0.192 e. The lowest BCUT2D eigenvalue weighted by molar-refractivity contribution is 0.558. The monoisotopic (exact) mass is 219 g/mol. The minimum atomic E-state index is 0.300. The van der Waals surface area contributed by atoms with Crippen molar-refractivity contribution in [3.05, 3.63) is 29.7 Å². The van der Waals surface area contributed by atoms with Gasteiger partial charge in [0.05, 0.1) is 0 Å². The van der Waals surface area contributed by atoms with Crippen LogP contribution in [0.2, 0.25) is 0 Å². The van der Waals surface area contributed by atoms with E-state index in [9.17, 15) is 0 Å². The summed E-state index contributed by atoms with van der Waals surface area (Å²) in [7, 11) is 0. The largest absolute Gasteiger partial charge is 0.441 e. The number of rotatable bonds is 1. The van der Waals surface area contributed by atoms with E-state index in [1.165, 1.54) is 17.7 Å². The van der Waals surface area contributed by atoms with Crippen LogP contribution in [-0.2, 0) is 4.75 Å². The Labute approximate surface area is 93.1 Å². The van der Waals surface area contributed by atoms with Gasteiger partial charge in [0, 0.05) is 11.7 Å². The molecular weight excluding hydrogens is 206 g/mol. The fourth-order valence-electron chi connectivity index (χ4n) is 2.00. The second-order valence-corrected chi connectivity index (χ2v) is 5.84. The molecule has 1 unspecified atom stereocenters. The summed E-state index contributed by atoms with van der Waals surface area (Å²) in [4.78, 5) is 4.31. The quantitative estimate of drug-likeness (QED) is 0.734. The maximum absolute atomic E-state index is 5.55. The zero-order valence-electron chi connectivity index (χ0n) is 8.91. The minimum Gasteiger partial charge on any atom is -0.441 e. The van der Waals surface area contributed by atoms with Crippen LogP contribution in [0.25, 0.3) is 11.1 Å². The SMILES string of the molecule is Cc1nc2ccc(C3(C)CCS3)cc2o1. The number of nitrogens with zero attached hydrogens (tertiary/aromatic N) is 1. The first-order valence-electron chi connectivity index (χ1n) is 5.19. The lowest BCUT2D eigenvalue weighted by Gasteiger charge is -2.38. The summed E-state index contributed by atoms with van der Waals surface area (Å²) in [5, 5.41) is 0. The van der Waals surface area contributed by atoms with Crippen LogP contribution in [-0.4, -0.2) is 10.7 Å². The summed E-state index contributed by atoms with van der Waals surface area (Å²) in [6, 6.07) is 6.38. The summed E-state index contributed by atoms with van der Waals surface area (Å²) in [6.45, 7) is 4.19. The molecule has 0 spiro atoms. The predicted octanol–water partition coefficient (Wildman–Crippen LogP) is 3.49. The molecule has 0 saturated carbocycles. The molecule has 0 aliphatic carbocycles. The molecule has 1 aromatic carbocycles. The van der Waals surface area contributed by atoms with E-state index in [1.54, 1.807) is 0 Å². The van der Waals surface area contributed by atoms with Crippen LogP contribution in [0.4, 0.5) is 0 Å². The van der Waals surface area contributed by atoms with Gasteiger partial charge in [0.2, 0.25) is 0 Å². The second-order valence-electron chi connectivity index (χ2n) is 4.24. The Morgan fingerprint density at radius 1 is 1.47 bits per heavy atom. The molecule has 0 bridgehead atoms. The lowest BCUT2D eigenvalue weighted by atomic mass is 9.96. The lowest BCUT2D eigenvalue weighted by Crippen LogP contribution is -2.27. The van der Waals surface area contributed by atoms with E-state index in [1.807, 2.05) is 18.7 Å². The van der Waals surface area contributed by atoms with Crippen LogP contribution in [0.5, 0.6) is 0 Å². The summed E-state index contributed by atoms with van der Waals surface area (Å²) in [5.74, 6) is 2.01. The Hall–Kier alpha value is -0.960.